The van der Waals surface area contributed by atoms with Crippen LogP contribution in [0.5, 0.6) is 0 Å². The van der Waals surface area contributed by atoms with E-state index in [0.717, 1.165) is 23.8 Å². The van der Waals surface area contributed by atoms with Crippen molar-refractivity contribution >= 4 is 22.4 Å². The molecule has 0 radical (unpaired) electrons. The van der Waals surface area contributed by atoms with Crippen LogP contribution in [0, 0.1) is 0 Å². The second-order valence-corrected chi connectivity index (χ2v) is 5.52. The van der Waals surface area contributed by atoms with Crippen molar-refractivity contribution in [2.45, 2.75) is 31.5 Å². The molecule has 2 unspecified atom stereocenters. The fraction of sp³-hybridized carbons (Fsp3) is 0.375. The molecule has 2 aromatic carbocycles. The molecule has 19 heavy (non-hydrogen) atoms. The SMILES string of the molecule is OC(CCCl)C(O)c1ccc2c3c(cccc13)CC2. The fourth-order valence-electron chi connectivity index (χ4n) is 3.00. The van der Waals surface area contributed by atoms with Crippen LogP contribution in [0.4, 0.5) is 0 Å². The summed E-state index contributed by atoms with van der Waals surface area (Å²) in [5.41, 5.74) is 3.49. The van der Waals surface area contributed by atoms with E-state index >= 15 is 0 Å². The third kappa shape index (κ3) is 2.14. The smallest absolute Gasteiger partial charge is 0.105 e. The molecule has 1 aliphatic rings. The van der Waals surface area contributed by atoms with E-state index < -0.39 is 12.2 Å². The fourth-order valence-corrected chi connectivity index (χ4v) is 3.23. The topological polar surface area (TPSA) is 40.5 Å². The van der Waals surface area contributed by atoms with Gasteiger partial charge in [0.15, 0.2) is 0 Å². The zero-order valence-electron chi connectivity index (χ0n) is 10.6. The van der Waals surface area contributed by atoms with Crippen molar-refractivity contribution in [2.75, 3.05) is 5.88 Å². The molecule has 3 rings (SSSR count). The van der Waals surface area contributed by atoms with Gasteiger partial charge in [-0.25, -0.2) is 0 Å². The van der Waals surface area contributed by atoms with Crippen LogP contribution < -0.4 is 0 Å². The van der Waals surface area contributed by atoms with Crippen LogP contribution in [0.2, 0.25) is 0 Å². The highest BCUT2D eigenvalue weighted by Gasteiger charge is 2.23. The Morgan fingerprint density at radius 3 is 2.53 bits per heavy atom. The first-order valence-corrected chi connectivity index (χ1v) is 7.21. The molecule has 0 aromatic heterocycles. The molecule has 0 saturated heterocycles. The predicted octanol–water partition coefficient (Wildman–Crippen LogP) is 2.96. The van der Waals surface area contributed by atoms with Gasteiger partial charge in [0.25, 0.3) is 0 Å². The Balaban J connectivity index is 2.11. The highest BCUT2D eigenvalue weighted by atomic mass is 35.5. The van der Waals surface area contributed by atoms with Crippen molar-refractivity contribution in [3.05, 3.63) is 47.0 Å². The van der Waals surface area contributed by atoms with Crippen molar-refractivity contribution < 1.29 is 10.2 Å². The molecular weight excluding hydrogens is 260 g/mol. The Bertz CT molecular complexity index is 599. The first kappa shape index (κ1) is 12.9. The van der Waals surface area contributed by atoms with Gasteiger partial charge in [-0.15, -0.1) is 11.6 Å². The zero-order valence-corrected chi connectivity index (χ0v) is 11.4. The van der Waals surface area contributed by atoms with Crippen molar-refractivity contribution in [3.8, 4) is 0 Å². The lowest BCUT2D eigenvalue weighted by atomic mass is 9.94. The average molecular weight is 277 g/mol. The van der Waals surface area contributed by atoms with Crippen molar-refractivity contribution in [3.63, 3.8) is 0 Å². The third-order valence-corrected chi connectivity index (χ3v) is 4.22. The zero-order chi connectivity index (χ0) is 13.4. The quantitative estimate of drug-likeness (QED) is 0.843. The molecule has 2 aromatic rings. The summed E-state index contributed by atoms with van der Waals surface area (Å²) < 4.78 is 0. The summed E-state index contributed by atoms with van der Waals surface area (Å²) in [5, 5.41) is 22.6. The number of halogens is 1. The normalized spacial score (nSPS) is 16.8. The van der Waals surface area contributed by atoms with E-state index in [2.05, 4.69) is 12.1 Å². The van der Waals surface area contributed by atoms with E-state index in [1.165, 1.54) is 16.5 Å². The second-order valence-electron chi connectivity index (χ2n) is 5.14. The number of aliphatic hydroxyl groups is 2. The first-order chi connectivity index (χ1) is 9.22. The largest absolute Gasteiger partial charge is 0.390 e. The van der Waals surface area contributed by atoms with Crippen LogP contribution in [-0.2, 0) is 12.8 Å². The van der Waals surface area contributed by atoms with Gasteiger partial charge in [-0.05, 0) is 46.7 Å². The van der Waals surface area contributed by atoms with Crippen LogP contribution in [-0.4, -0.2) is 22.2 Å². The van der Waals surface area contributed by atoms with Gasteiger partial charge >= 0.3 is 0 Å². The van der Waals surface area contributed by atoms with Gasteiger partial charge < -0.3 is 10.2 Å². The number of alkyl halides is 1. The molecule has 1 aliphatic carbocycles. The van der Waals surface area contributed by atoms with Gasteiger partial charge in [-0.1, -0.05) is 30.3 Å². The molecule has 2 nitrogen and oxygen atoms in total. The summed E-state index contributed by atoms with van der Waals surface area (Å²) in [6.07, 6.45) is 0.845. The predicted molar refractivity (Wildman–Crippen MR) is 77.7 cm³/mol. The molecular formula is C16H17ClO2. The minimum Gasteiger partial charge on any atom is -0.390 e. The maximum absolute atomic E-state index is 10.3. The van der Waals surface area contributed by atoms with Crippen molar-refractivity contribution in [1.82, 2.24) is 0 Å². The van der Waals surface area contributed by atoms with Gasteiger partial charge in [-0.2, -0.15) is 0 Å². The van der Waals surface area contributed by atoms with Gasteiger partial charge in [0.05, 0.1) is 6.10 Å². The molecule has 3 heteroatoms. The summed E-state index contributed by atoms with van der Waals surface area (Å²) in [6.45, 7) is 0. The Morgan fingerprint density at radius 1 is 1.05 bits per heavy atom. The lowest BCUT2D eigenvalue weighted by molar-refractivity contribution is 0.0178. The molecule has 0 amide bonds. The average Bonchev–Trinajstić information content (AvgIpc) is 2.84. The number of rotatable bonds is 4. The maximum Gasteiger partial charge on any atom is 0.105 e. The van der Waals surface area contributed by atoms with Crippen molar-refractivity contribution in [2.24, 2.45) is 0 Å². The molecule has 0 saturated carbocycles. The van der Waals surface area contributed by atoms with Crippen LogP contribution in [0.1, 0.15) is 29.2 Å². The number of aliphatic hydroxyl groups excluding tert-OH is 2. The van der Waals surface area contributed by atoms with E-state index in [1.54, 1.807) is 0 Å². The van der Waals surface area contributed by atoms with Crippen LogP contribution >= 0.6 is 11.6 Å². The lowest BCUT2D eigenvalue weighted by Crippen LogP contribution is -2.19. The van der Waals surface area contributed by atoms with E-state index in [1.807, 2.05) is 18.2 Å². The first-order valence-electron chi connectivity index (χ1n) is 6.68. The Kier molecular flexibility index (Phi) is 3.48. The number of benzene rings is 2. The summed E-state index contributed by atoms with van der Waals surface area (Å²) in [5.74, 6) is 0.347. The summed E-state index contributed by atoms with van der Waals surface area (Å²) >= 11 is 5.64. The maximum atomic E-state index is 10.3. The molecule has 0 heterocycles. The summed E-state index contributed by atoms with van der Waals surface area (Å²) in [7, 11) is 0. The number of hydrogen-bond donors (Lipinski definition) is 2. The van der Waals surface area contributed by atoms with Crippen LogP contribution in [0.3, 0.4) is 0 Å². The standard InChI is InChI=1S/C16H17ClO2/c17-9-8-14(18)16(19)13-7-6-11-5-4-10-2-1-3-12(13)15(10)11/h1-3,6-7,14,16,18-19H,4-5,8-9H2. The third-order valence-electron chi connectivity index (χ3n) is 4.00. The molecule has 100 valence electrons. The number of aryl methyl sites for hydroxylation is 2. The highest BCUT2D eigenvalue weighted by Crippen LogP contribution is 2.35. The van der Waals surface area contributed by atoms with Gasteiger partial charge in [0.1, 0.15) is 6.10 Å². The van der Waals surface area contributed by atoms with E-state index in [-0.39, 0.29) is 0 Å². The molecule has 0 aliphatic heterocycles. The van der Waals surface area contributed by atoms with E-state index in [9.17, 15) is 10.2 Å². The second kappa shape index (κ2) is 5.12. The Hall–Kier alpha value is -1.09. The minimum absolute atomic E-state index is 0.347. The highest BCUT2D eigenvalue weighted by molar-refractivity contribution is 6.17. The molecule has 2 N–H and O–H groups in total. The number of hydrogen-bond acceptors (Lipinski definition) is 2. The summed E-state index contributed by atoms with van der Waals surface area (Å²) in [4.78, 5) is 0. The van der Waals surface area contributed by atoms with E-state index in [0.29, 0.717) is 12.3 Å². The van der Waals surface area contributed by atoms with Crippen LogP contribution in [0.25, 0.3) is 10.8 Å². The lowest BCUT2D eigenvalue weighted by Gasteiger charge is -2.19. The minimum atomic E-state index is -0.872. The molecule has 0 spiro atoms. The monoisotopic (exact) mass is 276 g/mol. The van der Waals surface area contributed by atoms with Crippen molar-refractivity contribution in [1.29, 1.82) is 0 Å². The summed E-state index contributed by atoms with van der Waals surface area (Å²) in [6, 6.07) is 10.2. The Labute approximate surface area is 117 Å². The molecule has 2 atom stereocenters. The molecule has 0 fully saturated rings. The van der Waals surface area contributed by atoms with Gasteiger partial charge in [0, 0.05) is 5.88 Å². The van der Waals surface area contributed by atoms with Gasteiger partial charge in [-0.3, -0.25) is 0 Å². The molecule has 0 bridgehead atoms. The Morgan fingerprint density at radius 2 is 1.79 bits per heavy atom. The van der Waals surface area contributed by atoms with Crippen LogP contribution in [0.15, 0.2) is 30.3 Å². The van der Waals surface area contributed by atoms with Gasteiger partial charge in [0.2, 0.25) is 0 Å². The van der Waals surface area contributed by atoms with E-state index in [4.69, 9.17) is 11.6 Å².